The van der Waals surface area contributed by atoms with Crippen LogP contribution in [0.4, 0.5) is 0 Å². The fourth-order valence-electron chi connectivity index (χ4n) is 2.03. The average molecular weight is 241 g/mol. The van der Waals surface area contributed by atoms with Gasteiger partial charge in [-0.15, -0.1) is 0 Å². The fraction of sp³-hybridized carbons (Fsp3) is 0.250. The highest BCUT2D eigenvalue weighted by atomic mass is 16.5. The Kier molecular flexibility index (Phi) is 4.37. The topological polar surface area (TPSA) is 21.3 Å². The Bertz CT molecular complexity index is 477. The first-order valence-electron chi connectivity index (χ1n) is 6.33. The SMILES string of the molecule is CCC(NC)c1cccc(Oc2ccccc2)c1. The van der Waals surface area contributed by atoms with Crippen LogP contribution >= 0.6 is 0 Å². The molecular formula is C16H19NO. The molecule has 2 heteroatoms. The molecule has 0 aliphatic rings. The van der Waals surface area contributed by atoms with E-state index in [4.69, 9.17) is 4.74 Å². The highest BCUT2D eigenvalue weighted by Crippen LogP contribution is 2.25. The maximum absolute atomic E-state index is 5.83. The minimum absolute atomic E-state index is 0.379. The minimum Gasteiger partial charge on any atom is -0.457 e. The van der Waals surface area contributed by atoms with Gasteiger partial charge in [0, 0.05) is 6.04 Å². The van der Waals surface area contributed by atoms with Crippen molar-refractivity contribution in [2.24, 2.45) is 0 Å². The molecule has 1 N–H and O–H groups in total. The third-order valence-electron chi connectivity index (χ3n) is 3.00. The Morgan fingerprint density at radius 1 is 1.00 bits per heavy atom. The molecule has 94 valence electrons. The summed E-state index contributed by atoms with van der Waals surface area (Å²) in [4.78, 5) is 0. The van der Waals surface area contributed by atoms with Crippen molar-refractivity contribution in [3.8, 4) is 11.5 Å². The smallest absolute Gasteiger partial charge is 0.127 e. The molecule has 2 rings (SSSR count). The van der Waals surface area contributed by atoms with Crippen LogP contribution in [-0.2, 0) is 0 Å². The van der Waals surface area contributed by atoms with E-state index in [1.807, 2.05) is 49.5 Å². The summed E-state index contributed by atoms with van der Waals surface area (Å²) in [5, 5.41) is 3.30. The Balaban J connectivity index is 2.17. The highest BCUT2D eigenvalue weighted by molar-refractivity contribution is 5.35. The lowest BCUT2D eigenvalue weighted by Crippen LogP contribution is -2.14. The van der Waals surface area contributed by atoms with E-state index in [2.05, 4.69) is 24.4 Å². The van der Waals surface area contributed by atoms with Crippen molar-refractivity contribution in [3.63, 3.8) is 0 Å². The van der Waals surface area contributed by atoms with E-state index in [1.54, 1.807) is 0 Å². The Morgan fingerprint density at radius 2 is 1.72 bits per heavy atom. The molecule has 0 aliphatic carbocycles. The van der Waals surface area contributed by atoms with E-state index in [-0.39, 0.29) is 0 Å². The summed E-state index contributed by atoms with van der Waals surface area (Å²) in [7, 11) is 1.99. The van der Waals surface area contributed by atoms with Crippen LogP contribution < -0.4 is 10.1 Å². The lowest BCUT2D eigenvalue weighted by atomic mass is 10.0. The predicted molar refractivity (Wildman–Crippen MR) is 75.0 cm³/mol. The van der Waals surface area contributed by atoms with Crippen molar-refractivity contribution in [3.05, 3.63) is 60.2 Å². The zero-order valence-electron chi connectivity index (χ0n) is 10.9. The quantitative estimate of drug-likeness (QED) is 0.849. The van der Waals surface area contributed by atoms with E-state index < -0.39 is 0 Å². The summed E-state index contributed by atoms with van der Waals surface area (Å²) >= 11 is 0. The zero-order valence-corrected chi connectivity index (χ0v) is 10.9. The van der Waals surface area contributed by atoms with Gasteiger partial charge < -0.3 is 10.1 Å². The monoisotopic (exact) mass is 241 g/mol. The minimum atomic E-state index is 0.379. The standard InChI is InChI=1S/C16H19NO/c1-3-16(17-2)13-8-7-11-15(12-13)18-14-9-5-4-6-10-14/h4-12,16-17H,3H2,1-2H3. The number of nitrogens with one attached hydrogen (secondary N) is 1. The number of benzene rings is 2. The summed E-state index contributed by atoms with van der Waals surface area (Å²) in [5.74, 6) is 1.75. The van der Waals surface area contributed by atoms with Crippen LogP contribution in [-0.4, -0.2) is 7.05 Å². The number of ether oxygens (including phenoxy) is 1. The van der Waals surface area contributed by atoms with Crippen LogP contribution in [0.25, 0.3) is 0 Å². The van der Waals surface area contributed by atoms with Crippen molar-refractivity contribution >= 4 is 0 Å². The molecule has 0 amide bonds. The van der Waals surface area contributed by atoms with Crippen LogP contribution in [0.5, 0.6) is 11.5 Å². The number of hydrogen-bond donors (Lipinski definition) is 1. The molecule has 0 fully saturated rings. The van der Waals surface area contributed by atoms with E-state index in [0.29, 0.717) is 6.04 Å². The summed E-state index contributed by atoms with van der Waals surface area (Å²) < 4.78 is 5.83. The van der Waals surface area contributed by atoms with Gasteiger partial charge in [0.25, 0.3) is 0 Å². The van der Waals surface area contributed by atoms with E-state index in [0.717, 1.165) is 17.9 Å². The van der Waals surface area contributed by atoms with Gasteiger partial charge in [-0.25, -0.2) is 0 Å². The van der Waals surface area contributed by atoms with Gasteiger partial charge in [0.05, 0.1) is 0 Å². The molecule has 0 radical (unpaired) electrons. The first kappa shape index (κ1) is 12.7. The van der Waals surface area contributed by atoms with Gasteiger partial charge in [-0.2, -0.15) is 0 Å². The summed E-state index contributed by atoms with van der Waals surface area (Å²) in [5.41, 5.74) is 1.26. The summed E-state index contributed by atoms with van der Waals surface area (Å²) in [6, 6.07) is 18.5. The fourth-order valence-corrected chi connectivity index (χ4v) is 2.03. The number of hydrogen-bond acceptors (Lipinski definition) is 2. The molecule has 0 aliphatic heterocycles. The van der Waals surface area contributed by atoms with Crippen LogP contribution in [0.15, 0.2) is 54.6 Å². The van der Waals surface area contributed by atoms with Crippen LogP contribution in [0, 0.1) is 0 Å². The van der Waals surface area contributed by atoms with Crippen molar-refractivity contribution in [1.82, 2.24) is 5.32 Å². The van der Waals surface area contributed by atoms with Gasteiger partial charge in [-0.3, -0.25) is 0 Å². The molecule has 0 spiro atoms. The van der Waals surface area contributed by atoms with Crippen molar-refractivity contribution < 1.29 is 4.74 Å². The molecule has 2 aromatic rings. The van der Waals surface area contributed by atoms with Crippen molar-refractivity contribution in [2.75, 3.05) is 7.05 Å². The Hall–Kier alpha value is -1.80. The lowest BCUT2D eigenvalue weighted by Gasteiger charge is -2.15. The normalized spacial score (nSPS) is 12.1. The van der Waals surface area contributed by atoms with E-state index in [9.17, 15) is 0 Å². The second-order valence-corrected chi connectivity index (χ2v) is 4.24. The lowest BCUT2D eigenvalue weighted by molar-refractivity contribution is 0.479. The van der Waals surface area contributed by atoms with Gasteiger partial charge in [0.2, 0.25) is 0 Å². The molecule has 0 heterocycles. The molecular weight excluding hydrogens is 222 g/mol. The van der Waals surface area contributed by atoms with Gasteiger partial charge in [0.1, 0.15) is 11.5 Å². The predicted octanol–water partition coefficient (Wildman–Crippen LogP) is 4.15. The number of para-hydroxylation sites is 1. The molecule has 2 nitrogen and oxygen atoms in total. The first-order chi connectivity index (χ1) is 8.83. The maximum Gasteiger partial charge on any atom is 0.127 e. The van der Waals surface area contributed by atoms with Crippen LogP contribution in [0.1, 0.15) is 24.9 Å². The van der Waals surface area contributed by atoms with Crippen LogP contribution in [0.3, 0.4) is 0 Å². The maximum atomic E-state index is 5.83. The first-order valence-corrected chi connectivity index (χ1v) is 6.33. The molecule has 0 saturated heterocycles. The van der Waals surface area contributed by atoms with Crippen molar-refractivity contribution in [1.29, 1.82) is 0 Å². The molecule has 0 saturated carbocycles. The van der Waals surface area contributed by atoms with Crippen LogP contribution in [0.2, 0.25) is 0 Å². The molecule has 1 unspecified atom stereocenters. The van der Waals surface area contributed by atoms with E-state index >= 15 is 0 Å². The Morgan fingerprint density at radius 3 is 2.39 bits per heavy atom. The van der Waals surface area contributed by atoms with E-state index in [1.165, 1.54) is 5.56 Å². The third-order valence-corrected chi connectivity index (χ3v) is 3.00. The largest absolute Gasteiger partial charge is 0.457 e. The third kappa shape index (κ3) is 3.11. The summed E-state index contributed by atoms with van der Waals surface area (Å²) in [6.07, 6.45) is 1.06. The second kappa shape index (κ2) is 6.22. The summed E-state index contributed by atoms with van der Waals surface area (Å²) in [6.45, 7) is 2.17. The Labute approximate surface area is 109 Å². The molecule has 2 aromatic carbocycles. The van der Waals surface area contributed by atoms with Gasteiger partial charge >= 0.3 is 0 Å². The molecule has 0 bridgehead atoms. The highest BCUT2D eigenvalue weighted by Gasteiger charge is 2.07. The molecule has 0 aromatic heterocycles. The second-order valence-electron chi connectivity index (χ2n) is 4.24. The van der Waals surface area contributed by atoms with Gasteiger partial charge in [-0.05, 0) is 43.3 Å². The molecule has 1 atom stereocenters. The van der Waals surface area contributed by atoms with Crippen molar-refractivity contribution in [2.45, 2.75) is 19.4 Å². The van der Waals surface area contributed by atoms with Gasteiger partial charge in [0.15, 0.2) is 0 Å². The molecule has 18 heavy (non-hydrogen) atoms. The van der Waals surface area contributed by atoms with Gasteiger partial charge in [-0.1, -0.05) is 37.3 Å². The number of rotatable bonds is 5. The average Bonchev–Trinajstić information content (AvgIpc) is 2.42. The zero-order chi connectivity index (χ0) is 12.8.